The molecule has 0 bridgehead atoms. The minimum atomic E-state index is -2.28. The average molecular weight is 285 g/mol. The van der Waals surface area contributed by atoms with E-state index >= 15 is 0 Å². The summed E-state index contributed by atoms with van der Waals surface area (Å²) in [5, 5.41) is 0.289. The van der Waals surface area contributed by atoms with Gasteiger partial charge in [-0.2, -0.15) is 0 Å². The molecule has 0 N–H and O–H groups in total. The molecule has 0 spiro atoms. The molecule has 1 aromatic rings. The first-order valence-electron chi connectivity index (χ1n) is 4.68. The maximum absolute atomic E-state index is 12.7. The van der Waals surface area contributed by atoms with Gasteiger partial charge in [0.1, 0.15) is 25.4 Å². The van der Waals surface area contributed by atoms with Crippen molar-refractivity contribution >= 4 is 29.0 Å². The molecule has 1 rings (SSSR count). The van der Waals surface area contributed by atoms with E-state index in [-0.39, 0.29) is 15.6 Å². The SMILES string of the molecule is O=C(c1cc(Cl)cc(Cl)c1)C(CF)(CF)CF. The largest absolute Gasteiger partial charge is 0.293 e. The van der Waals surface area contributed by atoms with E-state index in [2.05, 4.69) is 0 Å². The van der Waals surface area contributed by atoms with Gasteiger partial charge in [0.25, 0.3) is 0 Å². The molecule has 1 nitrogen and oxygen atoms in total. The molecule has 17 heavy (non-hydrogen) atoms. The second-order valence-corrected chi connectivity index (χ2v) is 4.54. The van der Waals surface area contributed by atoms with Gasteiger partial charge in [0, 0.05) is 15.6 Å². The van der Waals surface area contributed by atoms with Crippen LogP contribution < -0.4 is 0 Å². The highest BCUT2D eigenvalue weighted by atomic mass is 35.5. The molecule has 0 saturated carbocycles. The van der Waals surface area contributed by atoms with Gasteiger partial charge in [0.2, 0.25) is 0 Å². The summed E-state index contributed by atoms with van der Waals surface area (Å²) in [6.45, 7) is -4.24. The molecule has 0 amide bonds. The van der Waals surface area contributed by atoms with Crippen molar-refractivity contribution < 1.29 is 18.0 Å². The van der Waals surface area contributed by atoms with Gasteiger partial charge in [0.15, 0.2) is 5.78 Å². The van der Waals surface area contributed by atoms with Crippen LogP contribution in [-0.2, 0) is 0 Å². The van der Waals surface area contributed by atoms with E-state index < -0.39 is 31.2 Å². The standard InChI is InChI=1S/C11H9Cl2F3O/c12-8-1-7(2-9(13)3-8)10(17)11(4-14,5-15)6-16/h1-3H,4-6H2. The number of hydrogen-bond donors (Lipinski definition) is 0. The molecule has 0 aliphatic carbocycles. The summed E-state index contributed by atoms with van der Waals surface area (Å²) < 4.78 is 38.1. The van der Waals surface area contributed by atoms with Crippen LogP contribution in [0.4, 0.5) is 13.2 Å². The Bertz CT molecular complexity index is 391. The van der Waals surface area contributed by atoms with Crippen molar-refractivity contribution in [2.45, 2.75) is 0 Å². The van der Waals surface area contributed by atoms with Crippen LogP contribution in [0.3, 0.4) is 0 Å². The van der Waals surface area contributed by atoms with Gasteiger partial charge >= 0.3 is 0 Å². The van der Waals surface area contributed by atoms with Gasteiger partial charge in [-0.05, 0) is 18.2 Å². The van der Waals surface area contributed by atoms with Crippen molar-refractivity contribution in [1.82, 2.24) is 0 Å². The van der Waals surface area contributed by atoms with E-state index in [1.807, 2.05) is 0 Å². The number of rotatable bonds is 5. The third-order valence-electron chi connectivity index (χ3n) is 2.37. The highest BCUT2D eigenvalue weighted by Crippen LogP contribution is 2.28. The summed E-state index contributed by atoms with van der Waals surface area (Å²) in [6, 6.07) is 3.76. The number of ketones is 1. The van der Waals surface area contributed by atoms with E-state index in [9.17, 15) is 18.0 Å². The number of benzene rings is 1. The number of halogens is 5. The molecule has 0 radical (unpaired) electrons. The van der Waals surface area contributed by atoms with E-state index in [0.717, 1.165) is 0 Å². The quantitative estimate of drug-likeness (QED) is 0.745. The number of carbonyl (C=O) groups is 1. The van der Waals surface area contributed by atoms with Crippen molar-refractivity contribution in [3.8, 4) is 0 Å². The zero-order chi connectivity index (χ0) is 13.1. The van der Waals surface area contributed by atoms with E-state index in [4.69, 9.17) is 23.2 Å². The molecule has 0 atom stereocenters. The molecule has 0 aliphatic heterocycles. The third kappa shape index (κ3) is 2.93. The van der Waals surface area contributed by atoms with Gasteiger partial charge in [-0.15, -0.1) is 0 Å². The smallest absolute Gasteiger partial charge is 0.177 e. The van der Waals surface area contributed by atoms with Crippen LogP contribution in [0, 0.1) is 5.41 Å². The first-order valence-corrected chi connectivity index (χ1v) is 5.43. The maximum atomic E-state index is 12.7. The predicted molar refractivity (Wildman–Crippen MR) is 61.2 cm³/mol. The highest BCUT2D eigenvalue weighted by Gasteiger charge is 2.40. The molecule has 94 valence electrons. The fourth-order valence-electron chi connectivity index (χ4n) is 1.28. The maximum Gasteiger partial charge on any atom is 0.177 e. The Labute approximate surface area is 107 Å². The summed E-state index contributed by atoms with van der Waals surface area (Å²) in [5.41, 5.74) is -2.39. The topological polar surface area (TPSA) is 17.1 Å². The first kappa shape index (κ1) is 14.3. The highest BCUT2D eigenvalue weighted by molar-refractivity contribution is 6.35. The molecule has 0 fully saturated rings. The molecule has 0 aromatic heterocycles. The molecular formula is C11H9Cl2F3O. The van der Waals surface area contributed by atoms with Gasteiger partial charge in [-0.1, -0.05) is 23.2 Å². The second-order valence-electron chi connectivity index (χ2n) is 3.67. The lowest BCUT2D eigenvalue weighted by Gasteiger charge is -2.22. The van der Waals surface area contributed by atoms with Crippen molar-refractivity contribution in [3.63, 3.8) is 0 Å². The fraction of sp³-hybridized carbons (Fsp3) is 0.364. The molecule has 1 aromatic carbocycles. The van der Waals surface area contributed by atoms with E-state index in [1.54, 1.807) is 0 Å². The van der Waals surface area contributed by atoms with E-state index in [0.29, 0.717) is 0 Å². The van der Waals surface area contributed by atoms with Crippen LogP contribution >= 0.6 is 23.2 Å². The average Bonchev–Trinajstić information content (AvgIpc) is 2.30. The van der Waals surface area contributed by atoms with Crippen molar-refractivity contribution in [3.05, 3.63) is 33.8 Å². The molecule has 6 heteroatoms. The normalized spacial score (nSPS) is 11.6. The van der Waals surface area contributed by atoms with E-state index in [1.165, 1.54) is 18.2 Å². The summed E-state index contributed by atoms with van der Waals surface area (Å²) in [7, 11) is 0. The van der Waals surface area contributed by atoms with Gasteiger partial charge in [0.05, 0.1) is 0 Å². The molecule has 0 aliphatic rings. The monoisotopic (exact) mass is 284 g/mol. The zero-order valence-electron chi connectivity index (χ0n) is 8.65. The van der Waals surface area contributed by atoms with Crippen LogP contribution in [0.1, 0.15) is 10.4 Å². The van der Waals surface area contributed by atoms with Crippen LogP contribution in [0.25, 0.3) is 0 Å². The van der Waals surface area contributed by atoms with Gasteiger partial charge < -0.3 is 0 Å². The lowest BCUT2D eigenvalue weighted by Crippen LogP contribution is -2.38. The summed E-state index contributed by atoms with van der Waals surface area (Å²) in [5.74, 6) is -0.977. The lowest BCUT2D eigenvalue weighted by atomic mass is 9.84. The molecular weight excluding hydrogens is 276 g/mol. The number of hydrogen-bond acceptors (Lipinski definition) is 1. The van der Waals surface area contributed by atoms with Crippen LogP contribution in [0.15, 0.2) is 18.2 Å². The Hall–Kier alpha value is -0.740. The Morgan fingerprint density at radius 1 is 1.00 bits per heavy atom. The van der Waals surface area contributed by atoms with Crippen LogP contribution in [-0.4, -0.2) is 25.8 Å². The zero-order valence-corrected chi connectivity index (χ0v) is 10.2. The van der Waals surface area contributed by atoms with Gasteiger partial charge in [-0.3, -0.25) is 4.79 Å². The van der Waals surface area contributed by atoms with Crippen molar-refractivity contribution in [2.75, 3.05) is 20.0 Å². The fourth-order valence-corrected chi connectivity index (χ4v) is 1.81. The van der Waals surface area contributed by atoms with Crippen molar-refractivity contribution in [2.24, 2.45) is 5.41 Å². The Balaban J connectivity index is 3.18. The number of alkyl halides is 3. The first-order chi connectivity index (χ1) is 7.99. The van der Waals surface area contributed by atoms with Crippen LogP contribution in [0.2, 0.25) is 10.0 Å². The van der Waals surface area contributed by atoms with Gasteiger partial charge in [-0.25, -0.2) is 13.2 Å². The lowest BCUT2D eigenvalue weighted by molar-refractivity contribution is 0.0599. The Morgan fingerprint density at radius 2 is 1.41 bits per heavy atom. The predicted octanol–water partition coefficient (Wildman–Crippen LogP) is 4.07. The number of carbonyl (C=O) groups excluding carboxylic acids is 1. The second kappa shape index (κ2) is 5.74. The third-order valence-corrected chi connectivity index (χ3v) is 2.81. The minimum absolute atomic E-state index is 0.101. The molecule has 0 heterocycles. The summed E-state index contributed by atoms with van der Waals surface area (Å²) in [4.78, 5) is 11.8. The Morgan fingerprint density at radius 3 is 1.76 bits per heavy atom. The Kier molecular flexibility index (Phi) is 4.83. The molecule has 0 saturated heterocycles. The summed E-state index contributed by atoms with van der Waals surface area (Å²) in [6.07, 6.45) is 0. The van der Waals surface area contributed by atoms with Crippen molar-refractivity contribution in [1.29, 1.82) is 0 Å². The summed E-state index contributed by atoms with van der Waals surface area (Å²) >= 11 is 11.3. The number of Topliss-reactive ketones (excluding diaryl/α,β-unsaturated/α-hetero) is 1. The van der Waals surface area contributed by atoms with Crippen LogP contribution in [0.5, 0.6) is 0 Å². The molecule has 0 unspecified atom stereocenters. The minimum Gasteiger partial charge on any atom is -0.293 e.